The maximum absolute atomic E-state index is 11.4. The van der Waals surface area contributed by atoms with Crippen LogP contribution in [0.15, 0.2) is 63.3 Å². The van der Waals surface area contributed by atoms with Gasteiger partial charge in [0.05, 0.1) is 27.9 Å². The summed E-state index contributed by atoms with van der Waals surface area (Å²) in [6, 6.07) is 8.11. The Morgan fingerprint density at radius 2 is 1.75 bits per heavy atom. The number of hydrogen-bond acceptors (Lipinski definition) is 12. The van der Waals surface area contributed by atoms with Crippen molar-refractivity contribution in [3.63, 3.8) is 0 Å². The van der Waals surface area contributed by atoms with Gasteiger partial charge in [0.1, 0.15) is 16.5 Å². The Morgan fingerprint density at radius 3 is 2.25 bits per heavy atom. The largest absolute Gasteiger partial charge is 0.497 e. The Balaban J connectivity index is 0.000000386. The molecule has 0 radical (unpaired) electrons. The van der Waals surface area contributed by atoms with Gasteiger partial charge in [-0.3, -0.25) is 9.11 Å². The number of thiazole rings is 1. The zero-order valence-corrected chi connectivity index (χ0v) is 22.3. The Bertz CT molecular complexity index is 1450. The number of ether oxygens (including phenoxy) is 1. The summed E-state index contributed by atoms with van der Waals surface area (Å²) < 4.78 is 69.6. The van der Waals surface area contributed by atoms with Crippen LogP contribution in [0.1, 0.15) is 20.8 Å². The van der Waals surface area contributed by atoms with Crippen molar-refractivity contribution in [2.45, 2.75) is 30.6 Å². The average Bonchev–Trinajstić information content (AvgIpc) is 3.21. The summed E-state index contributed by atoms with van der Waals surface area (Å²) in [5.41, 5.74) is 16.8. The smallest absolute Gasteiger partial charge is 0.296 e. The number of hydrogen-bond donors (Lipinski definition) is 5. The van der Waals surface area contributed by atoms with Crippen LogP contribution < -0.4 is 26.9 Å². The molecule has 2 aromatic carbocycles. The molecule has 0 bridgehead atoms. The lowest BCUT2D eigenvalue weighted by Gasteiger charge is -2.21. The SMILES string of the molecule is C/C=N/N(/C(N)=C/N)c1cc(S(=O)(=O)O)ccc1S(=O)(=O)O.CC.COc1ccc2sc(N)nc2c1. The van der Waals surface area contributed by atoms with Crippen LogP contribution in [0.2, 0.25) is 0 Å². The predicted molar refractivity (Wildman–Crippen MR) is 141 cm³/mol. The molecule has 1 aromatic heterocycles. The van der Waals surface area contributed by atoms with Crippen molar-refractivity contribution in [3.05, 3.63) is 48.4 Å². The van der Waals surface area contributed by atoms with Crippen LogP contribution in [-0.4, -0.2) is 44.2 Å². The number of nitrogen functional groups attached to an aromatic ring is 1. The molecule has 13 nitrogen and oxygen atoms in total. The van der Waals surface area contributed by atoms with Crippen molar-refractivity contribution < 1.29 is 30.7 Å². The fourth-order valence-electron chi connectivity index (χ4n) is 2.55. The molecule has 0 aliphatic heterocycles. The van der Waals surface area contributed by atoms with Crippen molar-refractivity contribution in [2.75, 3.05) is 17.9 Å². The summed E-state index contributed by atoms with van der Waals surface area (Å²) >= 11 is 1.48. The molecule has 3 rings (SSSR count). The summed E-state index contributed by atoms with van der Waals surface area (Å²) in [5.74, 6) is 0.572. The molecule has 0 atom stereocenters. The highest BCUT2D eigenvalue weighted by atomic mass is 32.2. The lowest BCUT2D eigenvalue weighted by atomic mass is 10.3. The molecule has 0 spiro atoms. The number of aromatic nitrogens is 1. The lowest BCUT2D eigenvalue weighted by molar-refractivity contribution is 0.415. The number of anilines is 2. The maximum Gasteiger partial charge on any atom is 0.296 e. The molecule has 16 heteroatoms. The molecule has 8 N–H and O–H groups in total. The number of methoxy groups -OCH3 is 1. The Labute approximate surface area is 213 Å². The average molecular weight is 561 g/mol. The Kier molecular flexibility index (Phi) is 11.1. The van der Waals surface area contributed by atoms with Crippen LogP contribution in [0.25, 0.3) is 10.2 Å². The second kappa shape index (κ2) is 13.0. The van der Waals surface area contributed by atoms with E-state index >= 15 is 0 Å². The lowest BCUT2D eigenvalue weighted by Crippen LogP contribution is -2.25. The first kappa shape index (κ1) is 30.6. The fraction of sp³-hybridized carbons (Fsp3) is 0.200. The van der Waals surface area contributed by atoms with Crippen LogP contribution in [-0.2, 0) is 20.2 Å². The van der Waals surface area contributed by atoms with Gasteiger partial charge in [0.15, 0.2) is 5.13 Å². The molecule has 198 valence electrons. The molecule has 0 aliphatic carbocycles. The summed E-state index contributed by atoms with van der Waals surface area (Å²) in [6.45, 7) is 5.48. The van der Waals surface area contributed by atoms with E-state index in [2.05, 4.69) is 10.1 Å². The van der Waals surface area contributed by atoms with Crippen molar-refractivity contribution in [1.29, 1.82) is 0 Å². The highest BCUT2D eigenvalue weighted by molar-refractivity contribution is 7.86. The van der Waals surface area contributed by atoms with E-state index in [1.807, 2.05) is 32.0 Å². The summed E-state index contributed by atoms with van der Waals surface area (Å²) in [4.78, 5) is 2.85. The number of benzene rings is 2. The molecule has 0 fully saturated rings. The first-order chi connectivity index (χ1) is 16.8. The number of hydrazone groups is 1. The van der Waals surface area contributed by atoms with Crippen molar-refractivity contribution in [2.24, 2.45) is 16.6 Å². The topological polar surface area (TPSA) is 225 Å². The van der Waals surface area contributed by atoms with Gasteiger partial charge in [-0.1, -0.05) is 25.2 Å². The Morgan fingerprint density at radius 1 is 1.11 bits per heavy atom. The van der Waals surface area contributed by atoms with Gasteiger partial charge in [-0.05, 0) is 37.3 Å². The minimum Gasteiger partial charge on any atom is -0.497 e. The molecule has 36 heavy (non-hydrogen) atoms. The summed E-state index contributed by atoms with van der Waals surface area (Å²) in [6.07, 6.45) is 2.12. The van der Waals surface area contributed by atoms with Gasteiger partial charge < -0.3 is 21.9 Å². The quantitative estimate of drug-likeness (QED) is 0.167. The minimum absolute atomic E-state index is 0.240. The number of rotatable bonds is 6. The monoisotopic (exact) mass is 560 g/mol. The fourth-order valence-corrected chi connectivity index (χ4v) is 4.41. The van der Waals surface area contributed by atoms with Crippen LogP contribution in [0.4, 0.5) is 10.8 Å². The van der Waals surface area contributed by atoms with Crippen molar-refractivity contribution >= 4 is 58.8 Å². The molecule has 1 heterocycles. The van der Waals surface area contributed by atoms with E-state index in [-0.39, 0.29) is 5.82 Å². The summed E-state index contributed by atoms with van der Waals surface area (Å²) in [7, 11) is -7.70. The highest BCUT2D eigenvalue weighted by Gasteiger charge is 2.24. The molecular weight excluding hydrogens is 532 g/mol. The van der Waals surface area contributed by atoms with Gasteiger partial charge in [-0.25, -0.2) is 9.99 Å². The normalized spacial score (nSPS) is 11.9. The zero-order chi connectivity index (χ0) is 27.7. The van der Waals surface area contributed by atoms with E-state index in [0.717, 1.165) is 45.4 Å². The second-order valence-corrected chi connectivity index (χ2v) is 10.1. The van der Waals surface area contributed by atoms with Crippen LogP contribution in [0.3, 0.4) is 0 Å². The van der Waals surface area contributed by atoms with Gasteiger partial charge >= 0.3 is 0 Å². The highest BCUT2D eigenvalue weighted by Crippen LogP contribution is 2.30. The van der Waals surface area contributed by atoms with E-state index in [1.54, 1.807) is 7.11 Å². The van der Waals surface area contributed by atoms with Gasteiger partial charge in [0, 0.05) is 18.5 Å². The zero-order valence-electron chi connectivity index (χ0n) is 19.9. The number of nitrogens with zero attached hydrogens (tertiary/aromatic N) is 3. The first-order valence-electron chi connectivity index (χ1n) is 10.1. The van der Waals surface area contributed by atoms with E-state index < -0.39 is 35.7 Å². The van der Waals surface area contributed by atoms with Crippen LogP contribution in [0, 0.1) is 0 Å². The first-order valence-corrected chi connectivity index (χ1v) is 13.8. The van der Waals surface area contributed by atoms with E-state index in [9.17, 15) is 21.4 Å². The molecule has 0 saturated heterocycles. The number of fused-ring (bicyclic) bond motifs is 1. The molecule has 0 aliphatic rings. The maximum atomic E-state index is 11.4. The van der Waals surface area contributed by atoms with Crippen molar-refractivity contribution in [3.8, 4) is 5.75 Å². The van der Waals surface area contributed by atoms with Crippen LogP contribution in [0.5, 0.6) is 5.75 Å². The van der Waals surface area contributed by atoms with Gasteiger partial charge in [-0.15, -0.1) is 0 Å². The third-order valence-corrected chi connectivity index (χ3v) is 6.61. The van der Waals surface area contributed by atoms with Crippen LogP contribution >= 0.6 is 11.3 Å². The third kappa shape index (κ3) is 8.06. The molecule has 0 saturated carbocycles. The summed E-state index contributed by atoms with van der Waals surface area (Å²) in [5, 5.41) is 5.13. The van der Waals surface area contributed by atoms with E-state index in [1.165, 1.54) is 24.5 Å². The standard InChI is InChI=1S/C10H14N4O6S2.C8H8N2OS.C2H6/c1-2-13-14(10(12)6-11)8-5-7(21(15,16)17)3-4-9(8)22(18,19)20;1-11-5-2-3-7-6(4-5)10-8(9)12-7;1-2/h2-6H,11-12H2,1H3,(H,15,16,17)(H,18,19,20);2-4H,1H3,(H2,9,10);1-2H3/b10-6+,13-2+;;. The van der Waals surface area contributed by atoms with Gasteiger partial charge in [-0.2, -0.15) is 21.9 Å². The molecule has 0 amide bonds. The minimum atomic E-state index is -4.72. The van der Waals surface area contributed by atoms with Gasteiger partial charge in [0.25, 0.3) is 20.2 Å². The second-order valence-electron chi connectivity index (χ2n) is 6.24. The van der Waals surface area contributed by atoms with Gasteiger partial charge in [0.2, 0.25) is 0 Å². The van der Waals surface area contributed by atoms with Crippen molar-refractivity contribution in [1.82, 2.24) is 4.98 Å². The molecule has 0 unspecified atom stereocenters. The third-order valence-electron chi connectivity index (χ3n) is 3.99. The number of nitrogens with two attached hydrogens (primary N) is 3. The predicted octanol–water partition coefficient (Wildman–Crippen LogP) is 2.62. The molecular formula is C20H28N6O7S3. The van der Waals surface area contributed by atoms with E-state index in [4.69, 9.17) is 26.5 Å². The Hall–Kier alpha value is -3.44. The molecule has 3 aromatic rings. The van der Waals surface area contributed by atoms with E-state index in [0.29, 0.717) is 5.13 Å².